The van der Waals surface area contributed by atoms with Crippen LogP contribution in [0, 0.1) is 5.92 Å². The Kier molecular flexibility index (Phi) is 5.31. The lowest BCUT2D eigenvalue weighted by atomic mass is 9.77. The lowest BCUT2D eigenvalue weighted by Crippen LogP contribution is -2.52. The fourth-order valence-corrected chi connectivity index (χ4v) is 3.30. The summed E-state index contributed by atoms with van der Waals surface area (Å²) < 4.78 is 4.86. The molecule has 9 nitrogen and oxygen atoms in total. The predicted molar refractivity (Wildman–Crippen MR) is 93.4 cm³/mol. The maximum atomic E-state index is 12.6. The predicted octanol–water partition coefficient (Wildman–Crippen LogP) is 1.42. The molecule has 3 rings (SSSR count). The second-order valence-electron chi connectivity index (χ2n) is 6.82. The Labute approximate surface area is 160 Å². The molecule has 2 aliphatic rings. The highest BCUT2D eigenvalue weighted by atomic mass is 35.5. The first-order chi connectivity index (χ1) is 12.8. The van der Waals surface area contributed by atoms with Crippen molar-refractivity contribution in [1.29, 1.82) is 0 Å². The van der Waals surface area contributed by atoms with Crippen LogP contribution in [0.3, 0.4) is 0 Å². The average Bonchev–Trinajstić information content (AvgIpc) is 2.87. The molecule has 1 spiro atoms. The highest BCUT2D eigenvalue weighted by Crippen LogP contribution is 2.35. The first kappa shape index (κ1) is 19.1. The Morgan fingerprint density at radius 3 is 2.70 bits per heavy atom. The Morgan fingerprint density at radius 2 is 2.07 bits per heavy atom. The van der Waals surface area contributed by atoms with Crippen molar-refractivity contribution in [2.24, 2.45) is 5.92 Å². The molecule has 1 aromatic heterocycles. The number of nitrogens with zero attached hydrogens (tertiary/aromatic N) is 2. The third kappa shape index (κ3) is 4.02. The SMILES string of the molecule is CC1CCC2(CC1)NC(=O)N(NC(=O)COC(=O)c1ccc(Cl)nc1)C2=O. The van der Waals surface area contributed by atoms with E-state index in [-0.39, 0.29) is 10.7 Å². The second kappa shape index (κ2) is 7.51. The Balaban J connectivity index is 1.54. The maximum Gasteiger partial charge on any atom is 0.344 e. The van der Waals surface area contributed by atoms with Gasteiger partial charge in [0.25, 0.3) is 11.8 Å². The van der Waals surface area contributed by atoms with E-state index < -0.39 is 36.0 Å². The Hall–Kier alpha value is -2.68. The summed E-state index contributed by atoms with van der Waals surface area (Å²) in [6.45, 7) is 1.45. The summed E-state index contributed by atoms with van der Waals surface area (Å²) in [5, 5.41) is 3.56. The number of amides is 4. The van der Waals surface area contributed by atoms with Gasteiger partial charge in [0.1, 0.15) is 10.7 Å². The third-order valence-electron chi connectivity index (χ3n) is 4.82. The van der Waals surface area contributed by atoms with Crippen LogP contribution in [0.4, 0.5) is 4.79 Å². The number of carbonyl (C=O) groups excluding carboxylic acids is 4. The van der Waals surface area contributed by atoms with Gasteiger partial charge in [-0.05, 0) is 43.7 Å². The molecule has 2 fully saturated rings. The minimum absolute atomic E-state index is 0.123. The smallest absolute Gasteiger partial charge is 0.344 e. The summed E-state index contributed by atoms with van der Waals surface area (Å²) in [5.74, 6) is -1.56. The molecule has 1 aliphatic carbocycles. The number of halogens is 1. The van der Waals surface area contributed by atoms with Crippen LogP contribution in [0.25, 0.3) is 0 Å². The van der Waals surface area contributed by atoms with Crippen LogP contribution >= 0.6 is 11.6 Å². The molecule has 2 N–H and O–H groups in total. The largest absolute Gasteiger partial charge is 0.452 e. The third-order valence-corrected chi connectivity index (χ3v) is 5.05. The average molecular weight is 395 g/mol. The number of ether oxygens (including phenoxy) is 1. The molecule has 1 aromatic rings. The summed E-state index contributed by atoms with van der Waals surface area (Å²) in [6, 6.07) is 2.13. The van der Waals surface area contributed by atoms with Crippen molar-refractivity contribution < 1.29 is 23.9 Å². The minimum atomic E-state index is -0.956. The van der Waals surface area contributed by atoms with E-state index in [2.05, 4.69) is 22.7 Å². The molecular weight excluding hydrogens is 376 g/mol. The van der Waals surface area contributed by atoms with Gasteiger partial charge in [0, 0.05) is 6.20 Å². The normalized spacial score (nSPS) is 24.7. The molecule has 0 aromatic carbocycles. The fraction of sp³-hybridized carbons (Fsp3) is 0.471. The summed E-state index contributed by atoms with van der Waals surface area (Å²) in [5.41, 5.74) is 1.36. The highest BCUT2D eigenvalue weighted by Gasteiger charge is 2.52. The van der Waals surface area contributed by atoms with Gasteiger partial charge in [-0.1, -0.05) is 18.5 Å². The number of imide groups is 1. The molecule has 10 heteroatoms. The van der Waals surface area contributed by atoms with E-state index in [1.54, 1.807) is 0 Å². The van der Waals surface area contributed by atoms with Crippen LogP contribution in [-0.4, -0.2) is 46.0 Å². The van der Waals surface area contributed by atoms with Crippen LogP contribution in [-0.2, 0) is 14.3 Å². The second-order valence-corrected chi connectivity index (χ2v) is 7.20. The van der Waals surface area contributed by atoms with Crippen molar-refractivity contribution in [3.8, 4) is 0 Å². The number of hydrogen-bond acceptors (Lipinski definition) is 6. The van der Waals surface area contributed by atoms with Gasteiger partial charge < -0.3 is 10.1 Å². The Bertz CT molecular complexity index is 774. The van der Waals surface area contributed by atoms with E-state index in [1.807, 2.05) is 0 Å². The van der Waals surface area contributed by atoms with Gasteiger partial charge in [-0.15, -0.1) is 0 Å². The first-order valence-corrected chi connectivity index (χ1v) is 8.93. The van der Waals surface area contributed by atoms with E-state index in [9.17, 15) is 19.2 Å². The summed E-state index contributed by atoms with van der Waals surface area (Å²) in [7, 11) is 0. The lowest BCUT2D eigenvalue weighted by molar-refractivity contribution is -0.141. The van der Waals surface area contributed by atoms with Gasteiger partial charge in [-0.3, -0.25) is 15.0 Å². The minimum Gasteiger partial charge on any atom is -0.452 e. The van der Waals surface area contributed by atoms with Crippen LogP contribution in [0.2, 0.25) is 5.15 Å². The molecule has 1 saturated heterocycles. The first-order valence-electron chi connectivity index (χ1n) is 8.55. The van der Waals surface area contributed by atoms with Crippen molar-refractivity contribution in [2.75, 3.05) is 6.61 Å². The fourth-order valence-electron chi connectivity index (χ4n) is 3.18. The van der Waals surface area contributed by atoms with Gasteiger partial charge in [0.15, 0.2) is 6.61 Å². The van der Waals surface area contributed by atoms with Crippen molar-refractivity contribution in [1.82, 2.24) is 20.7 Å². The van der Waals surface area contributed by atoms with Gasteiger partial charge in [-0.25, -0.2) is 14.6 Å². The van der Waals surface area contributed by atoms with E-state index in [4.69, 9.17) is 16.3 Å². The summed E-state index contributed by atoms with van der Waals surface area (Å²) in [4.78, 5) is 52.3. The van der Waals surface area contributed by atoms with Crippen LogP contribution in [0.5, 0.6) is 0 Å². The Morgan fingerprint density at radius 1 is 1.37 bits per heavy atom. The van der Waals surface area contributed by atoms with E-state index in [0.717, 1.165) is 12.8 Å². The number of hydrazine groups is 1. The number of hydrogen-bond donors (Lipinski definition) is 2. The number of urea groups is 1. The molecule has 0 bridgehead atoms. The number of nitrogens with one attached hydrogen (secondary N) is 2. The standard InChI is InChI=1S/C17H19ClN4O5/c1-10-4-6-17(7-5-10)15(25)22(16(26)20-17)21-13(23)9-27-14(24)11-2-3-12(18)19-8-11/h2-3,8,10H,4-7,9H2,1H3,(H,20,26)(H,21,23). The molecule has 4 amide bonds. The number of aromatic nitrogens is 1. The zero-order valence-electron chi connectivity index (χ0n) is 14.7. The zero-order valence-corrected chi connectivity index (χ0v) is 15.4. The van der Waals surface area contributed by atoms with Gasteiger partial charge in [0.2, 0.25) is 0 Å². The quantitative estimate of drug-likeness (QED) is 0.453. The van der Waals surface area contributed by atoms with Crippen molar-refractivity contribution in [3.63, 3.8) is 0 Å². The summed E-state index contributed by atoms with van der Waals surface area (Å²) >= 11 is 5.63. The van der Waals surface area contributed by atoms with Gasteiger partial charge in [0.05, 0.1) is 5.56 Å². The molecule has 144 valence electrons. The monoisotopic (exact) mass is 394 g/mol. The van der Waals surface area contributed by atoms with E-state index in [1.165, 1.54) is 18.3 Å². The molecule has 1 saturated carbocycles. The topological polar surface area (TPSA) is 118 Å². The number of carbonyl (C=O) groups is 4. The molecule has 0 radical (unpaired) electrons. The number of esters is 1. The van der Waals surface area contributed by atoms with Crippen LogP contribution < -0.4 is 10.7 Å². The molecule has 1 aliphatic heterocycles. The molecule has 0 atom stereocenters. The summed E-state index contributed by atoms with van der Waals surface area (Å²) in [6.07, 6.45) is 3.92. The molecule has 27 heavy (non-hydrogen) atoms. The molecular formula is C17H19ClN4O5. The highest BCUT2D eigenvalue weighted by molar-refractivity contribution is 6.29. The van der Waals surface area contributed by atoms with E-state index in [0.29, 0.717) is 23.8 Å². The van der Waals surface area contributed by atoms with Crippen molar-refractivity contribution >= 4 is 35.4 Å². The zero-order chi connectivity index (χ0) is 19.6. The molecule has 2 heterocycles. The lowest BCUT2D eigenvalue weighted by Gasteiger charge is -2.33. The van der Waals surface area contributed by atoms with Crippen molar-refractivity contribution in [3.05, 3.63) is 29.0 Å². The van der Waals surface area contributed by atoms with Gasteiger partial charge >= 0.3 is 12.0 Å². The van der Waals surface area contributed by atoms with Crippen LogP contribution in [0.1, 0.15) is 43.0 Å². The van der Waals surface area contributed by atoms with Crippen LogP contribution in [0.15, 0.2) is 18.3 Å². The maximum absolute atomic E-state index is 12.6. The van der Waals surface area contributed by atoms with E-state index >= 15 is 0 Å². The van der Waals surface area contributed by atoms with Gasteiger partial charge in [-0.2, -0.15) is 5.01 Å². The number of rotatable bonds is 4. The van der Waals surface area contributed by atoms with Crippen molar-refractivity contribution in [2.45, 2.75) is 38.1 Å². The number of pyridine rings is 1. The molecule has 0 unspecified atom stereocenters.